The van der Waals surface area contributed by atoms with E-state index in [0.717, 1.165) is 29.0 Å². The summed E-state index contributed by atoms with van der Waals surface area (Å²) in [4.78, 5) is 88.3. The van der Waals surface area contributed by atoms with Crippen molar-refractivity contribution < 1.29 is 85.6 Å². The van der Waals surface area contributed by atoms with Crippen LogP contribution in [0.5, 0.6) is 0 Å². The quantitative estimate of drug-likeness (QED) is 0.0343. The Balaban J connectivity index is 1.22. The second-order valence-electron chi connectivity index (χ2n) is 13.4. The topological polar surface area (TPSA) is 384 Å². The van der Waals surface area contributed by atoms with E-state index in [-0.39, 0.29) is 54.0 Å². The summed E-state index contributed by atoms with van der Waals surface area (Å²) in [6.45, 7) is -0.0716. The number of carbonyl (C=O) groups is 3. The molecule has 3 aromatic rings. The smallest absolute Gasteiger partial charge is 0.395 e. The Kier molecular flexibility index (Phi) is 16.8. The van der Waals surface area contributed by atoms with Gasteiger partial charge < -0.3 is 56.0 Å². The minimum Gasteiger partial charge on any atom is -0.395 e. The van der Waals surface area contributed by atoms with Gasteiger partial charge in [-0.25, -0.2) is 28.6 Å². The Hall–Kier alpha value is -3.26. The van der Waals surface area contributed by atoms with Gasteiger partial charge in [0.2, 0.25) is 11.8 Å². The lowest BCUT2D eigenvalue weighted by molar-refractivity contribution is -0.137. The van der Waals surface area contributed by atoms with Gasteiger partial charge in [0.1, 0.15) is 36.3 Å². The number of nitrogens with one attached hydrogen (secondary N) is 2. The number of hydrogen-bond acceptors (Lipinski definition) is 19. The molecule has 1 aliphatic rings. The zero-order valence-corrected chi connectivity index (χ0v) is 34.7. The number of ether oxygens (including phenoxy) is 1. The first kappa shape index (κ1) is 48.4. The monoisotopic (exact) mass is 917 g/mol. The second-order valence-corrected chi connectivity index (χ2v) is 18.7. The number of nitrogens with two attached hydrogens (primary N) is 1. The van der Waals surface area contributed by atoms with Crippen molar-refractivity contribution in [3.63, 3.8) is 0 Å². The van der Waals surface area contributed by atoms with Crippen LogP contribution in [0.25, 0.3) is 11.2 Å². The van der Waals surface area contributed by atoms with E-state index in [0.29, 0.717) is 5.56 Å². The van der Waals surface area contributed by atoms with Gasteiger partial charge in [0.15, 0.2) is 22.8 Å². The van der Waals surface area contributed by atoms with E-state index in [4.69, 9.17) is 19.5 Å². The summed E-state index contributed by atoms with van der Waals surface area (Å²) in [6, 6.07) is 8.72. The van der Waals surface area contributed by atoms with Crippen LogP contribution in [-0.2, 0) is 50.7 Å². The van der Waals surface area contributed by atoms with Crippen LogP contribution < -0.4 is 16.4 Å². The summed E-state index contributed by atoms with van der Waals surface area (Å²) in [7, 11) is -16.4. The molecule has 1 fully saturated rings. The molecular formula is C30H44N7O18P3S. The number of phosphoric acid groups is 3. The number of nitrogen functional groups attached to an aromatic ring is 1. The first-order chi connectivity index (χ1) is 27.5. The Morgan fingerprint density at radius 3 is 2.36 bits per heavy atom. The molecule has 1 saturated heterocycles. The highest BCUT2D eigenvalue weighted by atomic mass is 32.2. The van der Waals surface area contributed by atoms with E-state index < -0.39 is 90.5 Å². The van der Waals surface area contributed by atoms with Crippen molar-refractivity contribution in [2.24, 2.45) is 5.41 Å². The van der Waals surface area contributed by atoms with Gasteiger partial charge in [-0.3, -0.25) is 32.5 Å². The fourth-order valence-corrected chi connectivity index (χ4v) is 9.03. The third-order valence-electron chi connectivity index (χ3n) is 8.42. The number of hydrogen-bond donors (Lipinski definition) is 10. The number of aromatic nitrogens is 4. The van der Waals surface area contributed by atoms with Crippen LogP contribution in [0.4, 0.5) is 5.82 Å². The number of benzene rings is 1. The highest BCUT2D eigenvalue weighted by molar-refractivity contribution is 8.13. The molecule has 25 nitrogen and oxygen atoms in total. The average Bonchev–Trinajstić information content (AvgIpc) is 3.72. The molecule has 2 aromatic heterocycles. The Morgan fingerprint density at radius 1 is 1.02 bits per heavy atom. The Bertz CT molecular complexity index is 2080. The fourth-order valence-electron chi connectivity index (χ4n) is 5.38. The molecular weight excluding hydrogens is 873 g/mol. The predicted molar refractivity (Wildman–Crippen MR) is 203 cm³/mol. The summed E-state index contributed by atoms with van der Waals surface area (Å²) in [5, 5.41) is 35.7. The van der Waals surface area contributed by atoms with Crippen LogP contribution in [0.15, 0.2) is 43.0 Å². The third-order valence-corrected chi connectivity index (χ3v) is 12.5. The minimum absolute atomic E-state index is 0.0242. The molecule has 328 valence electrons. The number of phosphoric ester groups is 3. The van der Waals surface area contributed by atoms with Crippen molar-refractivity contribution in [3.05, 3.63) is 48.5 Å². The van der Waals surface area contributed by atoms with Crippen molar-refractivity contribution >= 4 is 69.1 Å². The van der Waals surface area contributed by atoms with Gasteiger partial charge in [0.05, 0.1) is 32.1 Å². The van der Waals surface area contributed by atoms with E-state index >= 15 is 0 Å². The first-order valence-electron chi connectivity index (χ1n) is 17.3. The van der Waals surface area contributed by atoms with Crippen molar-refractivity contribution in [2.45, 2.75) is 56.8 Å². The van der Waals surface area contributed by atoms with E-state index in [9.17, 15) is 63.0 Å². The number of amides is 2. The lowest BCUT2D eigenvalue weighted by Gasteiger charge is -2.30. The number of carbonyl (C=O) groups excluding carboxylic acids is 3. The predicted octanol–water partition coefficient (Wildman–Crippen LogP) is -0.559. The summed E-state index contributed by atoms with van der Waals surface area (Å²) in [6.07, 6.45) is -7.03. The van der Waals surface area contributed by atoms with Crippen LogP contribution in [0.3, 0.4) is 0 Å². The molecule has 1 aromatic carbocycles. The van der Waals surface area contributed by atoms with Crippen LogP contribution in [-0.4, -0.2) is 134 Å². The highest BCUT2D eigenvalue weighted by Crippen LogP contribution is 2.61. The number of aliphatic hydroxyl groups excluding tert-OH is 3. The molecule has 0 saturated carbocycles. The van der Waals surface area contributed by atoms with Crippen LogP contribution in [0.2, 0.25) is 0 Å². The van der Waals surface area contributed by atoms with Crippen molar-refractivity contribution in [1.82, 2.24) is 30.2 Å². The van der Waals surface area contributed by atoms with Gasteiger partial charge in [-0.2, -0.15) is 4.31 Å². The zero-order chi connectivity index (χ0) is 43.8. The molecule has 3 heterocycles. The number of imidazole rings is 1. The van der Waals surface area contributed by atoms with Gasteiger partial charge in [-0.15, -0.1) is 0 Å². The summed E-state index contributed by atoms with van der Waals surface area (Å²) < 4.78 is 62.2. The molecule has 0 aliphatic carbocycles. The first-order valence-corrected chi connectivity index (χ1v) is 22.8. The molecule has 8 atom stereocenters. The van der Waals surface area contributed by atoms with Gasteiger partial charge >= 0.3 is 23.5 Å². The van der Waals surface area contributed by atoms with E-state index in [1.165, 1.54) is 13.8 Å². The zero-order valence-electron chi connectivity index (χ0n) is 31.2. The maximum atomic E-state index is 12.7. The van der Waals surface area contributed by atoms with Crippen molar-refractivity contribution in [2.75, 3.05) is 44.4 Å². The van der Waals surface area contributed by atoms with Crippen LogP contribution in [0, 0.1) is 5.41 Å². The van der Waals surface area contributed by atoms with Gasteiger partial charge in [0.25, 0.3) is 0 Å². The van der Waals surface area contributed by atoms with Crippen LogP contribution >= 0.6 is 35.2 Å². The molecule has 1 aliphatic heterocycles. The van der Waals surface area contributed by atoms with Gasteiger partial charge in [-0.05, 0) is 5.56 Å². The molecule has 11 N–H and O–H groups in total. The highest BCUT2D eigenvalue weighted by Gasteiger charge is 2.50. The number of rotatable bonds is 22. The largest absolute Gasteiger partial charge is 0.481 e. The fraction of sp³-hybridized carbons (Fsp3) is 0.533. The Morgan fingerprint density at radius 2 is 1.69 bits per heavy atom. The maximum Gasteiger partial charge on any atom is 0.481 e. The molecule has 2 unspecified atom stereocenters. The van der Waals surface area contributed by atoms with Crippen molar-refractivity contribution in [1.29, 1.82) is 0 Å². The normalized spacial score (nSPS) is 21.6. The van der Waals surface area contributed by atoms with E-state index in [2.05, 4.69) is 34.4 Å². The Labute approximate surface area is 339 Å². The maximum absolute atomic E-state index is 12.7. The standard InChI is InChI=1S/C30H44N7O18P3S/c1-30(2,24(41)27(42)33-9-8-20(39)32-10-11-59-29(43)18(12-38)17-6-4-3-5-7-17)14-52-58(49,50)55-57(47,48)51-13-19-23(54-56(44,45)46)22(40)28(53-19)37-16-36-21-25(31)34-15-35-26(21)37/h3-7,15-16,18-19,22-24,28,38,40-41H,8-14H2,1-2H3,(H,32,39)(H,33,42)(H,47,48)(H,49,50)(H2,31,34,35)(H2,44,45,46)/t18-,19-,22-,23-,24+,28-/m1/s1/i18+1,29+1. The van der Waals surface area contributed by atoms with Gasteiger partial charge in [-0.1, -0.05) is 55.9 Å². The summed E-state index contributed by atoms with van der Waals surface area (Å²) in [5.74, 6) is -2.03. The number of anilines is 1. The lowest BCUT2D eigenvalue weighted by Crippen LogP contribution is -2.46. The molecule has 4 rings (SSSR count). The second kappa shape index (κ2) is 20.5. The number of thioether (sulfide) groups is 1. The van der Waals surface area contributed by atoms with Gasteiger partial charge in [0, 0.05) is 30.7 Å². The number of fused-ring (bicyclic) bond motifs is 1. The molecule has 59 heavy (non-hydrogen) atoms. The van der Waals surface area contributed by atoms with Crippen molar-refractivity contribution in [3.8, 4) is 0 Å². The average molecular weight is 918 g/mol. The minimum atomic E-state index is -5.59. The van der Waals surface area contributed by atoms with E-state index in [1.807, 2.05) is 0 Å². The molecule has 0 bridgehead atoms. The molecule has 2 amide bonds. The third kappa shape index (κ3) is 13.9. The summed E-state index contributed by atoms with van der Waals surface area (Å²) >= 11 is 0.938. The number of nitrogens with zero attached hydrogens (tertiary/aromatic N) is 4. The molecule has 0 radical (unpaired) electrons. The molecule has 29 heteroatoms. The SMILES string of the molecule is CC(C)(COP(=O)(O)OP(=O)(O)OC[C@H]1O[C@@H](n2cnc3c(N)ncnc32)[C@H](O)[C@@H]1OP(=O)(O)O)[C@@H](O)C(=O)NCCC(=O)NCCS[13C](=O)[13C@H](CO)c1ccccc1. The summed E-state index contributed by atoms with van der Waals surface area (Å²) in [5.41, 5.74) is 4.89. The number of aliphatic hydroxyl groups is 3. The molecule has 0 spiro atoms. The van der Waals surface area contributed by atoms with E-state index in [1.54, 1.807) is 30.3 Å². The van der Waals surface area contributed by atoms with Crippen LogP contribution in [0.1, 0.15) is 38.0 Å². The lowest BCUT2D eigenvalue weighted by atomic mass is 9.87.